The molecular formula is C24H27N2O+. The molecule has 1 amide bonds. The van der Waals surface area contributed by atoms with Crippen LogP contribution < -0.4 is 10.2 Å². The lowest BCUT2D eigenvalue weighted by Gasteiger charge is -2.26. The molecule has 3 nitrogen and oxygen atoms in total. The predicted octanol–water partition coefficient (Wildman–Crippen LogP) is 3.30. The van der Waals surface area contributed by atoms with Crippen LogP contribution in [0.15, 0.2) is 66.7 Å². The summed E-state index contributed by atoms with van der Waals surface area (Å²) in [5, 5.41) is 5.77. The highest BCUT2D eigenvalue weighted by molar-refractivity contribution is 5.94. The number of fused-ring (bicyclic) bond motifs is 1. The summed E-state index contributed by atoms with van der Waals surface area (Å²) in [6.45, 7) is 5.03. The lowest BCUT2D eigenvalue weighted by atomic mass is 9.97. The summed E-state index contributed by atoms with van der Waals surface area (Å²) in [5.74, 6) is 0.0162. The third kappa shape index (κ3) is 3.88. The zero-order chi connectivity index (χ0) is 18.6. The average molecular weight is 359 g/mol. The smallest absolute Gasteiger partial charge is 0.251 e. The number of hydrogen-bond donors (Lipinski definition) is 2. The molecule has 1 atom stereocenters. The van der Waals surface area contributed by atoms with E-state index >= 15 is 0 Å². The van der Waals surface area contributed by atoms with E-state index in [0.29, 0.717) is 6.54 Å². The van der Waals surface area contributed by atoms with Crippen molar-refractivity contribution >= 4 is 16.7 Å². The van der Waals surface area contributed by atoms with Gasteiger partial charge in [0.2, 0.25) is 0 Å². The number of quaternary nitrogens is 1. The van der Waals surface area contributed by atoms with E-state index in [-0.39, 0.29) is 11.9 Å². The van der Waals surface area contributed by atoms with Gasteiger partial charge in [-0.15, -0.1) is 0 Å². The molecule has 0 aliphatic carbocycles. The van der Waals surface area contributed by atoms with Gasteiger partial charge in [-0.3, -0.25) is 4.79 Å². The standard InChI is InChI=1S/C24H26N2O/c1-18-8-6-11-20(16-18)24(27)25-17-23(26-14-4-5-15-26)22-13-7-10-19-9-2-3-12-21(19)22/h2-3,6-13,16,23H,4-5,14-15,17H2,1H3,(H,25,27)/p+1/t23-/m0/s1. The summed E-state index contributed by atoms with van der Waals surface area (Å²) in [6.07, 6.45) is 2.53. The second kappa shape index (κ2) is 7.93. The fraction of sp³-hybridized carbons (Fsp3) is 0.292. The zero-order valence-corrected chi connectivity index (χ0v) is 15.9. The molecule has 0 aromatic heterocycles. The summed E-state index contributed by atoms with van der Waals surface area (Å²) in [6, 6.07) is 23.2. The van der Waals surface area contributed by atoms with Crippen LogP contribution in [-0.4, -0.2) is 25.5 Å². The second-order valence-electron chi connectivity index (χ2n) is 7.57. The molecule has 1 aliphatic rings. The van der Waals surface area contributed by atoms with Crippen LogP contribution in [0.2, 0.25) is 0 Å². The van der Waals surface area contributed by atoms with Crippen LogP contribution in [0.5, 0.6) is 0 Å². The maximum Gasteiger partial charge on any atom is 0.251 e. The minimum Gasteiger partial charge on any atom is -0.346 e. The van der Waals surface area contributed by atoms with Gasteiger partial charge in [0.05, 0.1) is 19.6 Å². The molecule has 1 heterocycles. The average Bonchev–Trinajstić information content (AvgIpc) is 3.22. The fourth-order valence-corrected chi connectivity index (χ4v) is 4.29. The van der Waals surface area contributed by atoms with Crippen molar-refractivity contribution in [3.8, 4) is 0 Å². The molecule has 0 unspecified atom stereocenters. The Hall–Kier alpha value is -2.65. The molecule has 3 aromatic carbocycles. The van der Waals surface area contributed by atoms with Crippen molar-refractivity contribution in [2.45, 2.75) is 25.8 Å². The Labute approximate surface area is 161 Å². The second-order valence-corrected chi connectivity index (χ2v) is 7.57. The third-order valence-corrected chi connectivity index (χ3v) is 5.68. The highest BCUT2D eigenvalue weighted by atomic mass is 16.1. The van der Waals surface area contributed by atoms with Crippen LogP contribution in [0.3, 0.4) is 0 Å². The van der Waals surface area contributed by atoms with E-state index in [9.17, 15) is 4.79 Å². The van der Waals surface area contributed by atoms with E-state index in [2.05, 4.69) is 47.8 Å². The molecule has 0 spiro atoms. The Balaban J connectivity index is 1.61. The van der Waals surface area contributed by atoms with Crippen LogP contribution in [0.4, 0.5) is 0 Å². The Bertz CT molecular complexity index is 939. The van der Waals surface area contributed by atoms with Gasteiger partial charge in [-0.2, -0.15) is 0 Å². The first-order valence-corrected chi connectivity index (χ1v) is 9.89. The van der Waals surface area contributed by atoms with Crippen LogP contribution in [0.25, 0.3) is 10.8 Å². The molecule has 1 fully saturated rings. The summed E-state index contributed by atoms with van der Waals surface area (Å²) < 4.78 is 0. The minimum absolute atomic E-state index is 0.0162. The number of nitrogens with one attached hydrogen (secondary N) is 2. The molecule has 27 heavy (non-hydrogen) atoms. The van der Waals surface area contributed by atoms with Gasteiger partial charge in [0.1, 0.15) is 6.04 Å². The van der Waals surface area contributed by atoms with E-state index in [1.807, 2.05) is 31.2 Å². The molecule has 2 N–H and O–H groups in total. The van der Waals surface area contributed by atoms with Gasteiger partial charge in [0, 0.05) is 24.0 Å². The van der Waals surface area contributed by atoms with Crippen molar-refractivity contribution in [2.24, 2.45) is 0 Å². The van der Waals surface area contributed by atoms with Crippen molar-refractivity contribution in [3.63, 3.8) is 0 Å². The van der Waals surface area contributed by atoms with Crippen molar-refractivity contribution in [3.05, 3.63) is 83.4 Å². The van der Waals surface area contributed by atoms with Crippen LogP contribution in [-0.2, 0) is 0 Å². The SMILES string of the molecule is Cc1cccc(C(=O)NC[C@@H](c2cccc3ccccc23)[NH+]2CCCC2)c1. The number of likely N-dealkylation sites (tertiary alicyclic amines) is 1. The molecule has 0 radical (unpaired) electrons. The maximum atomic E-state index is 12.7. The summed E-state index contributed by atoms with van der Waals surface area (Å²) in [7, 11) is 0. The van der Waals surface area contributed by atoms with Crippen molar-refractivity contribution in [2.75, 3.05) is 19.6 Å². The van der Waals surface area contributed by atoms with Crippen LogP contribution in [0, 0.1) is 6.92 Å². The van der Waals surface area contributed by atoms with Gasteiger partial charge in [0.15, 0.2) is 0 Å². The van der Waals surface area contributed by atoms with Gasteiger partial charge in [-0.25, -0.2) is 0 Å². The molecule has 1 saturated heterocycles. The molecule has 3 aromatic rings. The quantitative estimate of drug-likeness (QED) is 0.720. The number of carbonyl (C=O) groups is 1. The minimum atomic E-state index is 0.0162. The van der Waals surface area contributed by atoms with E-state index in [4.69, 9.17) is 0 Å². The van der Waals surface area contributed by atoms with Crippen molar-refractivity contribution in [1.82, 2.24) is 5.32 Å². The van der Waals surface area contributed by atoms with Crippen molar-refractivity contribution < 1.29 is 9.69 Å². The lowest BCUT2D eigenvalue weighted by molar-refractivity contribution is -0.918. The highest BCUT2D eigenvalue weighted by Crippen LogP contribution is 2.23. The number of benzene rings is 3. The Morgan fingerprint density at radius 2 is 1.74 bits per heavy atom. The summed E-state index contributed by atoms with van der Waals surface area (Å²) in [5.41, 5.74) is 3.19. The Kier molecular flexibility index (Phi) is 5.21. The predicted molar refractivity (Wildman–Crippen MR) is 110 cm³/mol. The van der Waals surface area contributed by atoms with E-state index in [1.165, 1.54) is 42.3 Å². The number of hydrogen-bond acceptors (Lipinski definition) is 1. The molecule has 4 rings (SSSR count). The summed E-state index contributed by atoms with van der Waals surface area (Å²) in [4.78, 5) is 14.3. The number of carbonyl (C=O) groups excluding carboxylic acids is 1. The summed E-state index contributed by atoms with van der Waals surface area (Å²) >= 11 is 0. The first-order valence-electron chi connectivity index (χ1n) is 9.89. The molecule has 0 bridgehead atoms. The lowest BCUT2D eigenvalue weighted by Crippen LogP contribution is -3.11. The first kappa shape index (κ1) is 17.7. The van der Waals surface area contributed by atoms with Gasteiger partial charge >= 0.3 is 0 Å². The molecular weight excluding hydrogens is 332 g/mol. The normalized spacial score (nSPS) is 15.7. The van der Waals surface area contributed by atoms with E-state index in [0.717, 1.165) is 11.1 Å². The monoisotopic (exact) mass is 359 g/mol. The van der Waals surface area contributed by atoms with E-state index in [1.54, 1.807) is 4.90 Å². The van der Waals surface area contributed by atoms with Gasteiger partial charge < -0.3 is 10.2 Å². The largest absolute Gasteiger partial charge is 0.346 e. The van der Waals surface area contributed by atoms with Gasteiger partial charge in [-0.1, -0.05) is 60.2 Å². The Morgan fingerprint density at radius 1 is 1.00 bits per heavy atom. The topological polar surface area (TPSA) is 33.5 Å². The first-order chi connectivity index (χ1) is 13.2. The number of amides is 1. The molecule has 138 valence electrons. The van der Waals surface area contributed by atoms with Crippen LogP contribution in [0.1, 0.15) is 40.4 Å². The highest BCUT2D eigenvalue weighted by Gasteiger charge is 2.29. The molecule has 1 aliphatic heterocycles. The van der Waals surface area contributed by atoms with Crippen LogP contribution >= 0.6 is 0 Å². The molecule has 3 heteroatoms. The van der Waals surface area contributed by atoms with Gasteiger partial charge in [0.25, 0.3) is 5.91 Å². The number of aryl methyl sites for hydroxylation is 1. The Morgan fingerprint density at radius 3 is 2.56 bits per heavy atom. The molecule has 0 saturated carbocycles. The maximum absolute atomic E-state index is 12.7. The van der Waals surface area contributed by atoms with E-state index < -0.39 is 0 Å². The number of rotatable bonds is 5. The third-order valence-electron chi connectivity index (χ3n) is 5.68. The fourth-order valence-electron chi connectivity index (χ4n) is 4.29. The van der Waals surface area contributed by atoms with Gasteiger partial charge in [-0.05, 0) is 29.8 Å². The van der Waals surface area contributed by atoms with Crippen molar-refractivity contribution in [1.29, 1.82) is 0 Å². The zero-order valence-electron chi connectivity index (χ0n) is 15.9.